The number of anilines is 2. The molecule has 2 aliphatic rings. The molecule has 1 aliphatic carbocycles. The predicted molar refractivity (Wildman–Crippen MR) is 155 cm³/mol. The number of pyridine rings is 1. The highest BCUT2D eigenvalue weighted by Gasteiger charge is 2.50. The number of nitrogens with zero attached hydrogens (tertiary/aromatic N) is 6. The average molecular weight is 563 g/mol. The Morgan fingerprint density at radius 1 is 1.07 bits per heavy atom. The largest absolute Gasteiger partial charge is 0.383 e. The summed E-state index contributed by atoms with van der Waals surface area (Å²) in [5, 5.41) is 48.7. The van der Waals surface area contributed by atoms with Crippen LogP contribution in [0.2, 0.25) is 5.02 Å². The van der Waals surface area contributed by atoms with E-state index < -0.39 is 11.6 Å². The van der Waals surface area contributed by atoms with Crippen molar-refractivity contribution in [1.29, 1.82) is 21.0 Å². The van der Waals surface area contributed by atoms with Crippen molar-refractivity contribution in [2.45, 2.75) is 45.2 Å². The van der Waals surface area contributed by atoms with Gasteiger partial charge in [-0.3, -0.25) is 9.99 Å². The fourth-order valence-corrected chi connectivity index (χ4v) is 4.96. The molecule has 0 spiro atoms. The Hall–Kier alpha value is -5.00. The van der Waals surface area contributed by atoms with Crippen LogP contribution in [0.3, 0.4) is 0 Å². The van der Waals surface area contributed by atoms with Gasteiger partial charge in [0, 0.05) is 35.6 Å². The van der Waals surface area contributed by atoms with Gasteiger partial charge >= 0.3 is 0 Å². The Morgan fingerprint density at radius 3 is 2.44 bits per heavy atom. The number of rotatable bonds is 7. The van der Waals surface area contributed by atoms with Crippen LogP contribution < -0.4 is 21.6 Å². The van der Waals surface area contributed by atoms with Crippen LogP contribution in [0.15, 0.2) is 48.4 Å². The lowest BCUT2D eigenvalue weighted by Crippen LogP contribution is -2.44. The third-order valence-electron chi connectivity index (χ3n) is 7.07. The summed E-state index contributed by atoms with van der Waals surface area (Å²) in [5.41, 5.74) is 9.50. The fourth-order valence-electron chi connectivity index (χ4n) is 4.68. The first-order valence-electron chi connectivity index (χ1n) is 13.0. The molecule has 41 heavy (non-hydrogen) atoms. The fraction of sp³-hybridized carbons (Fsp3) is 0.300. The van der Waals surface area contributed by atoms with E-state index in [1.165, 1.54) is 6.20 Å². The molecule has 1 fully saturated rings. The second-order valence-corrected chi connectivity index (χ2v) is 11.7. The molecule has 0 saturated heterocycles. The first-order valence-corrected chi connectivity index (χ1v) is 13.4. The van der Waals surface area contributed by atoms with Crippen LogP contribution in [-0.4, -0.2) is 22.1 Å². The van der Waals surface area contributed by atoms with Crippen molar-refractivity contribution in [2.24, 2.45) is 5.41 Å². The molecular formula is C30H27ClN10. The van der Waals surface area contributed by atoms with Crippen LogP contribution in [0.4, 0.5) is 11.4 Å². The maximum absolute atomic E-state index is 10.0. The molecule has 0 bridgehead atoms. The summed E-state index contributed by atoms with van der Waals surface area (Å²) in [6.45, 7) is 6.86. The Kier molecular flexibility index (Phi) is 7.08. The standard InChI is InChI=1S/C30H27ClN10/c1-29(2,3)17-37-27-20(13-34)14-36-26-19(12-33)9-21(10-23(26)27)38-28(22-6-4-5-18(11-32)25(22)31)24-15-41(40-39-24)30(16-35)7-8-30/h4-6,9-10,14-15,28,38-40H,7-8,17H2,1-3H3,(H,36,37)/t28-/m0/s1. The van der Waals surface area contributed by atoms with E-state index in [0.29, 0.717) is 56.8 Å². The normalized spacial score (nSPS) is 15.9. The molecule has 204 valence electrons. The summed E-state index contributed by atoms with van der Waals surface area (Å²) < 4.78 is 0. The molecule has 10 nitrogen and oxygen atoms in total. The van der Waals surface area contributed by atoms with Gasteiger partial charge < -0.3 is 16.1 Å². The lowest BCUT2D eigenvalue weighted by molar-refractivity contribution is 0.217. The van der Waals surface area contributed by atoms with Gasteiger partial charge in [-0.1, -0.05) is 44.5 Å². The smallest absolute Gasteiger partial charge is 0.143 e. The number of halogens is 1. The molecule has 0 unspecified atom stereocenters. The summed E-state index contributed by atoms with van der Waals surface area (Å²) in [6.07, 6.45) is 4.77. The van der Waals surface area contributed by atoms with Crippen LogP contribution in [-0.2, 0) is 0 Å². The lowest BCUT2D eigenvalue weighted by Gasteiger charge is -2.24. The predicted octanol–water partition coefficient (Wildman–Crippen LogP) is 5.34. The number of fused-ring (bicyclic) bond motifs is 1. The topological polar surface area (TPSA) is 159 Å². The molecule has 1 atom stereocenters. The number of hydrogen-bond donors (Lipinski definition) is 4. The molecule has 4 N–H and O–H groups in total. The molecule has 2 aromatic carbocycles. The van der Waals surface area contributed by atoms with Crippen molar-refractivity contribution in [3.63, 3.8) is 0 Å². The summed E-state index contributed by atoms with van der Waals surface area (Å²) in [5.74, 6) is 0. The Morgan fingerprint density at radius 2 is 1.80 bits per heavy atom. The minimum Gasteiger partial charge on any atom is -0.383 e. The zero-order chi connectivity index (χ0) is 29.4. The second kappa shape index (κ2) is 10.5. The molecule has 0 amide bonds. The Labute approximate surface area is 243 Å². The molecule has 1 aliphatic heterocycles. The summed E-state index contributed by atoms with van der Waals surface area (Å²) in [4.78, 5) is 4.43. The molecule has 3 aromatic rings. The SMILES string of the molecule is CC(C)(C)CNc1c(C#N)cnc2c(C#N)cc(N[C@H](C3=CN(C4(C#N)CC4)NN3)c3cccc(C#N)c3Cl)cc12. The van der Waals surface area contributed by atoms with Gasteiger partial charge in [-0.25, -0.2) is 0 Å². The van der Waals surface area contributed by atoms with E-state index in [1.54, 1.807) is 23.2 Å². The van der Waals surface area contributed by atoms with Crippen LogP contribution in [0.1, 0.15) is 61.9 Å². The van der Waals surface area contributed by atoms with Crippen molar-refractivity contribution >= 4 is 33.9 Å². The van der Waals surface area contributed by atoms with Crippen molar-refractivity contribution in [1.82, 2.24) is 21.0 Å². The van der Waals surface area contributed by atoms with Crippen LogP contribution in [0.5, 0.6) is 0 Å². The molecule has 0 radical (unpaired) electrons. The van der Waals surface area contributed by atoms with Crippen LogP contribution in [0, 0.1) is 50.7 Å². The monoisotopic (exact) mass is 562 g/mol. The second-order valence-electron chi connectivity index (χ2n) is 11.3. The number of nitriles is 4. The van der Waals surface area contributed by atoms with E-state index in [2.05, 4.69) is 71.6 Å². The number of nitrogens with one attached hydrogen (secondary N) is 4. The first kappa shape index (κ1) is 27.6. The Balaban J connectivity index is 1.64. The van der Waals surface area contributed by atoms with E-state index in [1.807, 2.05) is 18.3 Å². The van der Waals surface area contributed by atoms with Gasteiger partial charge in [0.25, 0.3) is 0 Å². The summed E-state index contributed by atoms with van der Waals surface area (Å²) in [6, 6.07) is 17.1. The zero-order valence-electron chi connectivity index (χ0n) is 22.8. The molecule has 1 aromatic heterocycles. The highest BCUT2D eigenvalue weighted by Crippen LogP contribution is 2.43. The van der Waals surface area contributed by atoms with Gasteiger partial charge in [-0.15, -0.1) is 5.53 Å². The van der Waals surface area contributed by atoms with Crippen LogP contribution >= 0.6 is 11.6 Å². The molecule has 11 heteroatoms. The van der Waals surface area contributed by atoms with Gasteiger partial charge in [0.2, 0.25) is 0 Å². The van der Waals surface area contributed by atoms with E-state index in [4.69, 9.17) is 11.6 Å². The molecular weight excluding hydrogens is 536 g/mol. The van der Waals surface area contributed by atoms with Gasteiger partial charge in [-0.05, 0) is 36.5 Å². The minimum atomic E-state index is -0.623. The number of hydrogen-bond acceptors (Lipinski definition) is 10. The van der Waals surface area contributed by atoms with E-state index >= 15 is 0 Å². The lowest BCUT2D eigenvalue weighted by atomic mass is 9.96. The van der Waals surface area contributed by atoms with E-state index in [9.17, 15) is 21.0 Å². The van der Waals surface area contributed by atoms with Crippen molar-refractivity contribution < 1.29 is 0 Å². The van der Waals surface area contributed by atoms with Crippen molar-refractivity contribution in [3.8, 4) is 24.3 Å². The van der Waals surface area contributed by atoms with Gasteiger partial charge in [0.1, 0.15) is 23.7 Å². The number of benzene rings is 2. The van der Waals surface area contributed by atoms with Gasteiger partial charge in [0.15, 0.2) is 0 Å². The summed E-state index contributed by atoms with van der Waals surface area (Å²) >= 11 is 6.70. The third-order valence-corrected chi connectivity index (χ3v) is 7.49. The third kappa shape index (κ3) is 5.28. The highest BCUT2D eigenvalue weighted by molar-refractivity contribution is 6.32. The first-order chi connectivity index (χ1) is 19.6. The maximum Gasteiger partial charge on any atom is 0.143 e. The maximum atomic E-state index is 10.0. The molecule has 1 saturated carbocycles. The molecule has 5 rings (SSSR count). The van der Waals surface area contributed by atoms with Gasteiger partial charge in [0.05, 0.1) is 50.7 Å². The highest BCUT2D eigenvalue weighted by atomic mass is 35.5. The van der Waals surface area contributed by atoms with Crippen LogP contribution in [0.25, 0.3) is 10.9 Å². The van der Waals surface area contributed by atoms with Crippen molar-refractivity contribution in [3.05, 3.63) is 75.7 Å². The number of hydrazine groups is 2. The van der Waals surface area contributed by atoms with E-state index in [0.717, 1.165) is 12.8 Å². The quantitative estimate of drug-likeness (QED) is 0.296. The van der Waals surface area contributed by atoms with Gasteiger partial charge in [-0.2, -0.15) is 21.0 Å². The Bertz CT molecular complexity index is 1740. The van der Waals surface area contributed by atoms with Crippen molar-refractivity contribution in [2.75, 3.05) is 17.2 Å². The number of aromatic nitrogens is 1. The minimum absolute atomic E-state index is 0.0638. The average Bonchev–Trinajstić information content (AvgIpc) is 3.61. The summed E-state index contributed by atoms with van der Waals surface area (Å²) in [7, 11) is 0. The molecule has 2 heterocycles. The zero-order valence-corrected chi connectivity index (χ0v) is 23.6. The van der Waals surface area contributed by atoms with E-state index in [-0.39, 0.29) is 10.4 Å².